The Bertz CT molecular complexity index is 594. The van der Waals surface area contributed by atoms with E-state index in [1.165, 1.54) is 29.8 Å². The van der Waals surface area contributed by atoms with Gasteiger partial charge < -0.3 is 4.74 Å². The molecule has 0 aliphatic carbocycles. The lowest BCUT2D eigenvalue weighted by molar-refractivity contribution is 0.102. The highest BCUT2D eigenvalue weighted by molar-refractivity contribution is 9.10. The van der Waals surface area contributed by atoms with Gasteiger partial charge in [0.1, 0.15) is 9.88 Å². The lowest BCUT2D eigenvalue weighted by atomic mass is 10.4. The number of rotatable bonds is 3. The van der Waals surface area contributed by atoms with E-state index in [1.54, 1.807) is 0 Å². The van der Waals surface area contributed by atoms with E-state index in [9.17, 15) is 4.79 Å². The number of amides is 1. The number of carbonyl (C=O) groups is 1. The van der Waals surface area contributed by atoms with Crippen LogP contribution in [0.15, 0.2) is 4.47 Å². The Morgan fingerprint density at radius 1 is 1.33 bits per heavy atom. The van der Waals surface area contributed by atoms with E-state index in [2.05, 4.69) is 31.4 Å². The van der Waals surface area contributed by atoms with Crippen molar-refractivity contribution in [2.75, 3.05) is 12.4 Å². The standard InChI is InChI=1S/C10H10BrN3O2S2/c1-4-6(11)7(16-3)8(17-4)9(15)12-10-14-13-5(2)18-10/h1-3H3,(H,12,14,15). The minimum atomic E-state index is -0.234. The van der Waals surface area contributed by atoms with E-state index < -0.39 is 0 Å². The smallest absolute Gasteiger partial charge is 0.271 e. The number of aromatic nitrogens is 2. The number of halogens is 1. The molecule has 0 spiro atoms. The van der Waals surface area contributed by atoms with Gasteiger partial charge in [0.25, 0.3) is 5.91 Å². The second kappa shape index (κ2) is 5.33. The van der Waals surface area contributed by atoms with Crippen molar-refractivity contribution in [1.29, 1.82) is 0 Å². The summed E-state index contributed by atoms with van der Waals surface area (Å²) in [6, 6.07) is 0. The predicted octanol–water partition coefficient (Wildman–Crippen LogP) is 3.24. The molecule has 8 heteroatoms. The van der Waals surface area contributed by atoms with Gasteiger partial charge in [-0.2, -0.15) is 0 Å². The number of carbonyl (C=O) groups excluding carboxylic acids is 1. The van der Waals surface area contributed by atoms with Crippen molar-refractivity contribution in [3.05, 3.63) is 19.2 Å². The summed E-state index contributed by atoms with van der Waals surface area (Å²) in [5.74, 6) is 0.318. The van der Waals surface area contributed by atoms with Gasteiger partial charge >= 0.3 is 0 Å². The molecule has 0 aliphatic rings. The van der Waals surface area contributed by atoms with Crippen LogP contribution in [0, 0.1) is 13.8 Å². The van der Waals surface area contributed by atoms with Gasteiger partial charge in [-0.1, -0.05) is 11.3 Å². The van der Waals surface area contributed by atoms with Crippen LogP contribution in [0.2, 0.25) is 0 Å². The van der Waals surface area contributed by atoms with Gasteiger partial charge in [-0.05, 0) is 29.8 Å². The Labute approximate surface area is 120 Å². The number of ether oxygens (including phenoxy) is 1. The van der Waals surface area contributed by atoms with Crippen LogP contribution >= 0.6 is 38.6 Å². The summed E-state index contributed by atoms with van der Waals surface area (Å²) in [4.78, 5) is 13.6. The summed E-state index contributed by atoms with van der Waals surface area (Å²) < 4.78 is 6.04. The number of nitrogens with zero attached hydrogens (tertiary/aromatic N) is 2. The first-order valence-electron chi connectivity index (χ1n) is 4.97. The van der Waals surface area contributed by atoms with Gasteiger partial charge in [0.15, 0.2) is 5.75 Å². The third-order valence-electron chi connectivity index (χ3n) is 2.13. The zero-order valence-electron chi connectivity index (χ0n) is 9.91. The van der Waals surface area contributed by atoms with E-state index in [4.69, 9.17) is 4.74 Å². The molecule has 0 unspecified atom stereocenters. The van der Waals surface area contributed by atoms with Crippen molar-refractivity contribution in [1.82, 2.24) is 10.2 Å². The number of aryl methyl sites for hydroxylation is 2. The lowest BCUT2D eigenvalue weighted by Gasteiger charge is -2.02. The number of methoxy groups -OCH3 is 1. The molecule has 96 valence electrons. The average molecular weight is 348 g/mol. The van der Waals surface area contributed by atoms with Crippen molar-refractivity contribution in [3.8, 4) is 5.75 Å². The van der Waals surface area contributed by atoms with Crippen molar-refractivity contribution in [2.45, 2.75) is 13.8 Å². The Hall–Kier alpha value is -0.990. The second-order valence-corrected chi connectivity index (χ2v) is 6.61. The zero-order valence-corrected chi connectivity index (χ0v) is 13.1. The predicted molar refractivity (Wildman–Crippen MR) is 75.9 cm³/mol. The van der Waals surface area contributed by atoms with Gasteiger partial charge in [0.2, 0.25) is 5.13 Å². The average Bonchev–Trinajstić information content (AvgIpc) is 2.85. The SMILES string of the molecule is COc1c(C(=O)Nc2nnc(C)s2)sc(C)c1Br. The van der Waals surface area contributed by atoms with E-state index in [0.717, 1.165) is 14.4 Å². The Morgan fingerprint density at radius 2 is 2.06 bits per heavy atom. The van der Waals surface area contributed by atoms with Gasteiger partial charge in [0, 0.05) is 4.88 Å². The lowest BCUT2D eigenvalue weighted by Crippen LogP contribution is -2.11. The maximum atomic E-state index is 12.1. The monoisotopic (exact) mass is 347 g/mol. The molecule has 5 nitrogen and oxygen atoms in total. The van der Waals surface area contributed by atoms with Gasteiger partial charge in [0.05, 0.1) is 11.6 Å². The highest BCUT2D eigenvalue weighted by Crippen LogP contribution is 2.39. The van der Waals surface area contributed by atoms with Crippen LogP contribution in [0.3, 0.4) is 0 Å². The largest absolute Gasteiger partial charge is 0.494 e. The molecule has 0 saturated heterocycles. The molecule has 0 aliphatic heterocycles. The van der Waals surface area contributed by atoms with Crippen LogP contribution in [-0.4, -0.2) is 23.2 Å². The molecule has 0 saturated carbocycles. The Kier molecular flexibility index (Phi) is 3.98. The zero-order chi connectivity index (χ0) is 13.3. The maximum Gasteiger partial charge on any atom is 0.271 e. The Morgan fingerprint density at radius 3 is 2.61 bits per heavy atom. The van der Waals surface area contributed by atoms with E-state index >= 15 is 0 Å². The number of hydrogen-bond donors (Lipinski definition) is 1. The number of thiophene rings is 1. The first kappa shape index (κ1) is 13.4. The molecular formula is C10H10BrN3O2S2. The quantitative estimate of drug-likeness (QED) is 0.925. The summed E-state index contributed by atoms with van der Waals surface area (Å²) in [6.45, 7) is 3.75. The molecule has 1 N–H and O–H groups in total. The number of hydrogen-bond acceptors (Lipinski definition) is 6. The van der Waals surface area contributed by atoms with E-state index in [0.29, 0.717) is 15.8 Å². The maximum absolute atomic E-state index is 12.1. The highest BCUT2D eigenvalue weighted by atomic mass is 79.9. The molecule has 0 bridgehead atoms. The third kappa shape index (κ3) is 2.55. The van der Waals surface area contributed by atoms with Crippen LogP contribution < -0.4 is 10.1 Å². The molecule has 18 heavy (non-hydrogen) atoms. The molecular weight excluding hydrogens is 338 g/mol. The topological polar surface area (TPSA) is 64.1 Å². The van der Waals surface area contributed by atoms with Crippen LogP contribution in [0.25, 0.3) is 0 Å². The highest BCUT2D eigenvalue weighted by Gasteiger charge is 2.21. The fraction of sp³-hybridized carbons (Fsp3) is 0.300. The summed E-state index contributed by atoms with van der Waals surface area (Å²) in [6.07, 6.45) is 0. The molecule has 2 aromatic heterocycles. The van der Waals surface area contributed by atoms with Crippen molar-refractivity contribution >= 4 is 49.6 Å². The first-order valence-corrected chi connectivity index (χ1v) is 7.40. The fourth-order valence-corrected chi connectivity index (χ4v) is 3.57. The third-order valence-corrected chi connectivity index (χ3v) is 5.18. The molecule has 0 atom stereocenters. The van der Waals surface area contributed by atoms with Crippen molar-refractivity contribution in [2.24, 2.45) is 0 Å². The van der Waals surface area contributed by atoms with Crippen LogP contribution in [0.1, 0.15) is 19.6 Å². The van der Waals surface area contributed by atoms with Crippen molar-refractivity contribution in [3.63, 3.8) is 0 Å². The number of anilines is 1. The van der Waals surface area contributed by atoms with Crippen LogP contribution in [0.5, 0.6) is 5.75 Å². The molecule has 0 radical (unpaired) electrons. The Balaban J connectivity index is 2.26. The van der Waals surface area contributed by atoms with Crippen LogP contribution in [0.4, 0.5) is 5.13 Å². The molecule has 2 aromatic rings. The molecule has 2 heterocycles. The first-order chi connectivity index (χ1) is 8.52. The van der Waals surface area contributed by atoms with Gasteiger partial charge in [-0.15, -0.1) is 21.5 Å². The summed E-state index contributed by atoms with van der Waals surface area (Å²) >= 11 is 6.10. The minimum absolute atomic E-state index is 0.234. The summed E-state index contributed by atoms with van der Waals surface area (Å²) in [5, 5.41) is 11.7. The molecule has 0 fully saturated rings. The van der Waals surface area contributed by atoms with Crippen LogP contribution in [-0.2, 0) is 0 Å². The second-order valence-electron chi connectivity index (χ2n) is 3.41. The molecule has 2 rings (SSSR count). The normalized spacial score (nSPS) is 10.4. The molecule has 1 amide bonds. The van der Waals surface area contributed by atoms with Gasteiger partial charge in [-0.25, -0.2) is 0 Å². The van der Waals surface area contributed by atoms with Crippen molar-refractivity contribution < 1.29 is 9.53 Å². The molecule has 0 aromatic carbocycles. The fourth-order valence-electron chi connectivity index (χ4n) is 1.34. The number of nitrogens with one attached hydrogen (secondary N) is 1. The minimum Gasteiger partial charge on any atom is -0.494 e. The van der Waals surface area contributed by atoms with E-state index in [-0.39, 0.29) is 5.91 Å². The van der Waals surface area contributed by atoms with E-state index in [1.807, 2.05) is 13.8 Å². The van der Waals surface area contributed by atoms with Gasteiger partial charge in [-0.3, -0.25) is 10.1 Å². The summed E-state index contributed by atoms with van der Waals surface area (Å²) in [5.41, 5.74) is 0. The summed E-state index contributed by atoms with van der Waals surface area (Å²) in [7, 11) is 1.54.